The van der Waals surface area contributed by atoms with Crippen LogP contribution < -0.4 is 0 Å². The zero-order chi connectivity index (χ0) is 47.1. The summed E-state index contributed by atoms with van der Waals surface area (Å²) < 4.78 is 16.5. The summed E-state index contributed by atoms with van der Waals surface area (Å²) in [5.74, 6) is -2.35. The number of aliphatic hydroxyl groups excluding tert-OH is 1. The number of aliphatic hydroxyl groups is 1. The first-order chi connectivity index (χ1) is 30.9. The fourth-order valence-electron chi connectivity index (χ4n) is 7.67. The number of rotatable bonds is 18. The van der Waals surface area contributed by atoms with Gasteiger partial charge in [-0.15, -0.1) is 11.8 Å². The van der Waals surface area contributed by atoms with Crippen molar-refractivity contribution in [1.29, 1.82) is 0 Å². The molecule has 4 amide bonds. The van der Waals surface area contributed by atoms with Gasteiger partial charge in [-0.2, -0.15) is 11.8 Å². The Morgan fingerprint density at radius 1 is 0.815 bits per heavy atom. The van der Waals surface area contributed by atoms with Crippen molar-refractivity contribution < 1.29 is 58.1 Å². The molecule has 3 aliphatic rings. The minimum Gasteiger partial charge on any atom is -0.456 e. The van der Waals surface area contributed by atoms with Crippen molar-refractivity contribution in [2.45, 2.75) is 69.9 Å². The van der Waals surface area contributed by atoms with Gasteiger partial charge in [0.1, 0.15) is 25.5 Å². The molecule has 3 heterocycles. The summed E-state index contributed by atoms with van der Waals surface area (Å²) >= 11 is 2.67. The van der Waals surface area contributed by atoms with Crippen LogP contribution in [0.4, 0.5) is 26.7 Å². The second-order valence-corrected chi connectivity index (χ2v) is 18.0. The molecule has 3 aromatic carbocycles. The lowest BCUT2D eigenvalue weighted by Crippen LogP contribution is -2.63. The number of ether oxygens (including phenoxy) is 3. The SMILES string of the molecule is C[C@@H](O)[C@H]1C(=O)N2C(C(=O)OCc3ccc([N+](=O)[O-])cc3)=C(S[C@H]3C[C@@H](CSCCC(=O)N(C)C(=O)OCc4ccc([N+](=O)[O-])cc4)N(C(=O)OCc4ccc([N+](=O)[O-])cc4)C3)[C@H](C)[C@H]12. The molecule has 3 aliphatic heterocycles. The number of carbonyl (C=O) groups excluding carboxylic acids is 5. The number of nitro benzene ring substituents is 3. The van der Waals surface area contributed by atoms with Crippen LogP contribution in [0.25, 0.3) is 0 Å². The van der Waals surface area contributed by atoms with Gasteiger partial charge in [0, 0.05) is 90.0 Å². The third kappa shape index (κ3) is 11.2. The number of β-lactam (4-membered cyclic amide) rings is 1. The summed E-state index contributed by atoms with van der Waals surface area (Å²) in [5.41, 5.74) is 1.11. The van der Waals surface area contributed by atoms with Gasteiger partial charge in [-0.3, -0.25) is 44.8 Å². The lowest BCUT2D eigenvalue weighted by molar-refractivity contribution is -0.385. The zero-order valence-electron chi connectivity index (χ0n) is 35.2. The highest BCUT2D eigenvalue weighted by Gasteiger charge is 2.60. The molecule has 2 saturated heterocycles. The fourth-order valence-corrected chi connectivity index (χ4v) is 10.3. The molecule has 21 nitrogen and oxygen atoms in total. The van der Waals surface area contributed by atoms with E-state index in [0.29, 0.717) is 33.8 Å². The maximum atomic E-state index is 13.8. The lowest BCUT2D eigenvalue weighted by atomic mass is 9.79. The molecule has 344 valence electrons. The van der Waals surface area contributed by atoms with Gasteiger partial charge in [0.2, 0.25) is 11.8 Å². The number of esters is 1. The van der Waals surface area contributed by atoms with Crippen LogP contribution in [0.1, 0.15) is 43.4 Å². The van der Waals surface area contributed by atoms with Crippen molar-refractivity contribution in [2.24, 2.45) is 11.8 Å². The Morgan fingerprint density at radius 3 is 1.80 bits per heavy atom. The van der Waals surface area contributed by atoms with Crippen LogP contribution in [0.15, 0.2) is 83.4 Å². The normalized spacial score (nSPS) is 20.4. The number of likely N-dealkylation sites (tertiary alicyclic amines) is 1. The highest BCUT2D eigenvalue weighted by atomic mass is 32.2. The lowest BCUT2D eigenvalue weighted by Gasteiger charge is -2.46. The summed E-state index contributed by atoms with van der Waals surface area (Å²) in [6.45, 7) is 2.87. The Hall–Kier alpha value is -6.59. The van der Waals surface area contributed by atoms with Crippen LogP contribution in [-0.2, 0) is 48.4 Å². The van der Waals surface area contributed by atoms with Gasteiger partial charge in [-0.05, 0) is 66.4 Å². The van der Waals surface area contributed by atoms with E-state index in [1.807, 2.05) is 6.92 Å². The molecular formula is C42H44N6O15S2. The number of hydrogen-bond acceptors (Lipinski definition) is 17. The first-order valence-electron chi connectivity index (χ1n) is 20.2. The van der Waals surface area contributed by atoms with Crippen molar-refractivity contribution in [3.63, 3.8) is 0 Å². The van der Waals surface area contributed by atoms with E-state index >= 15 is 0 Å². The Bertz CT molecular complexity index is 2360. The molecule has 0 aliphatic carbocycles. The topological polar surface area (TPSA) is 272 Å². The number of fused-ring (bicyclic) bond motifs is 1. The highest BCUT2D eigenvalue weighted by Crippen LogP contribution is 2.52. The first-order valence-corrected chi connectivity index (χ1v) is 22.2. The van der Waals surface area contributed by atoms with Gasteiger partial charge in [0.15, 0.2) is 0 Å². The maximum Gasteiger partial charge on any atom is 0.416 e. The number of hydrogen-bond donors (Lipinski definition) is 1. The molecule has 23 heteroatoms. The molecule has 0 radical (unpaired) electrons. The van der Waals surface area contributed by atoms with Crippen molar-refractivity contribution in [1.82, 2.24) is 14.7 Å². The molecule has 0 spiro atoms. The monoisotopic (exact) mass is 936 g/mol. The minimum absolute atomic E-state index is 0.0235. The molecule has 6 atom stereocenters. The number of non-ortho nitro benzene ring substituents is 3. The number of amides is 4. The van der Waals surface area contributed by atoms with Crippen LogP contribution in [0.2, 0.25) is 0 Å². The van der Waals surface area contributed by atoms with Gasteiger partial charge < -0.3 is 29.1 Å². The summed E-state index contributed by atoms with van der Waals surface area (Å²) in [7, 11) is 1.27. The van der Waals surface area contributed by atoms with Crippen molar-refractivity contribution >= 4 is 70.6 Å². The Labute approximate surface area is 379 Å². The average molecular weight is 937 g/mol. The molecule has 0 unspecified atom stereocenters. The van der Waals surface area contributed by atoms with Gasteiger partial charge in [0.05, 0.1) is 32.8 Å². The number of benzene rings is 3. The van der Waals surface area contributed by atoms with Gasteiger partial charge in [-0.1, -0.05) is 6.92 Å². The number of nitrogens with zero attached hydrogens (tertiary/aromatic N) is 6. The first kappa shape index (κ1) is 47.9. The molecule has 3 aromatic rings. The molecule has 1 N–H and O–H groups in total. The summed E-state index contributed by atoms with van der Waals surface area (Å²) in [6.07, 6.45) is -2.25. The summed E-state index contributed by atoms with van der Waals surface area (Å²) in [5, 5.41) is 43.3. The van der Waals surface area contributed by atoms with Gasteiger partial charge >= 0.3 is 18.2 Å². The van der Waals surface area contributed by atoms with E-state index in [4.69, 9.17) is 14.2 Å². The molecule has 6 rings (SSSR count). The Kier molecular flexibility index (Phi) is 15.4. The van der Waals surface area contributed by atoms with Crippen molar-refractivity contribution in [3.8, 4) is 0 Å². The molecule has 0 saturated carbocycles. The molecule has 65 heavy (non-hydrogen) atoms. The predicted molar refractivity (Wildman–Crippen MR) is 233 cm³/mol. The summed E-state index contributed by atoms with van der Waals surface area (Å²) in [6, 6.07) is 15.4. The van der Waals surface area contributed by atoms with Gasteiger partial charge in [-0.25, -0.2) is 14.4 Å². The number of imide groups is 1. The smallest absolute Gasteiger partial charge is 0.416 e. The van der Waals surface area contributed by atoms with E-state index in [2.05, 4.69) is 0 Å². The fraction of sp³-hybridized carbons (Fsp3) is 0.405. The Balaban J connectivity index is 1.12. The predicted octanol–water partition coefficient (Wildman–Crippen LogP) is 5.95. The van der Waals surface area contributed by atoms with E-state index in [9.17, 15) is 59.4 Å². The van der Waals surface area contributed by atoms with Gasteiger partial charge in [0.25, 0.3) is 17.1 Å². The quantitative estimate of drug-likeness (QED) is 0.0385. The number of carbonyl (C=O) groups is 5. The summed E-state index contributed by atoms with van der Waals surface area (Å²) in [4.78, 5) is 102. The van der Waals surface area contributed by atoms with E-state index in [-0.39, 0.29) is 66.5 Å². The molecular weight excluding hydrogens is 893 g/mol. The minimum atomic E-state index is -0.999. The van der Waals surface area contributed by atoms with E-state index in [1.54, 1.807) is 0 Å². The van der Waals surface area contributed by atoms with E-state index in [1.165, 1.54) is 120 Å². The molecule has 0 bridgehead atoms. The van der Waals surface area contributed by atoms with Crippen LogP contribution in [0, 0.1) is 42.2 Å². The molecule has 0 aromatic heterocycles. The Morgan fingerprint density at radius 2 is 1.31 bits per heavy atom. The highest BCUT2D eigenvalue weighted by molar-refractivity contribution is 8.03. The standard InChI is InChI=1S/C42H44N6O15S2/c1-24-36-35(25(2)49)39(51)45(36)37(40(52)61-20-26-4-10-29(11-5-26)46(55)56)38(24)65-33-18-32(44(19-33)42(54)63-22-28-8-14-31(15-9-28)48(59)60)23-64-17-16-34(50)43(3)41(53)62-21-27-6-12-30(13-7-27)47(57)58/h4-15,24-25,32-33,35-36,49H,16-23H2,1-3H3/t24-,25-,32+,33+,35-,36-/m1/s1. The third-order valence-corrected chi connectivity index (χ3v) is 13.8. The van der Waals surface area contributed by atoms with Crippen LogP contribution >= 0.6 is 23.5 Å². The van der Waals surface area contributed by atoms with E-state index in [0.717, 1.165) is 4.90 Å². The van der Waals surface area contributed by atoms with Crippen molar-refractivity contribution in [2.75, 3.05) is 25.1 Å². The second kappa shape index (κ2) is 20.9. The molecule has 2 fully saturated rings. The largest absolute Gasteiger partial charge is 0.456 e. The number of thioether (sulfide) groups is 2. The average Bonchev–Trinajstić information content (AvgIpc) is 3.80. The second-order valence-electron chi connectivity index (χ2n) is 15.5. The van der Waals surface area contributed by atoms with Crippen LogP contribution in [-0.4, -0.2) is 113 Å². The maximum absolute atomic E-state index is 13.8. The van der Waals surface area contributed by atoms with Crippen LogP contribution in [0.3, 0.4) is 0 Å². The zero-order valence-corrected chi connectivity index (χ0v) is 36.8. The van der Waals surface area contributed by atoms with Crippen LogP contribution in [0.5, 0.6) is 0 Å². The third-order valence-electron chi connectivity index (χ3n) is 11.2. The van der Waals surface area contributed by atoms with E-state index < -0.39 is 74.8 Å². The number of nitro groups is 3. The van der Waals surface area contributed by atoms with Crippen molar-refractivity contribution in [3.05, 3.63) is 130 Å².